The van der Waals surface area contributed by atoms with E-state index < -0.39 is 46.1 Å². The van der Waals surface area contributed by atoms with Crippen LogP contribution in [0.4, 0.5) is 26.3 Å². The Balaban J connectivity index is 1.78. The minimum Gasteiger partial charge on any atom is -0.481 e. The van der Waals surface area contributed by atoms with Gasteiger partial charge in [0.2, 0.25) is 5.88 Å². The second-order valence-electron chi connectivity index (χ2n) is 7.48. The molecule has 36 heavy (non-hydrogen) atoms. The van der Waals surface area contributed by atoms with Gasteiger partial charge in [-0.2, -0.15) is 36.4 Å². The number of aromatic nitrogens is 6. The molecule has 0 unspecified atom stereocenters. The van der Waals surface area contributed by atoms with E-state index in [-0.39, 0.29) is 17.1 Å². The molecule has 1 N–H and O–H groups in total. The van der Waals surface area contributed by atoms with Crippen LogP contribution in [0, 0.1) is 0 Å². The first-order valence-electron chi connectivity index (χ1n) is 10.0. The van der Waals surface area contributed by atoms with E-state index in [9.17, 15) is 31.1 Å². The van der Waals surface area contributed by atoms with Crippen LogP contribution in [0.25, 0.3) is 38.8 Å². The molecule has 5 rings (SSSR count). The molecule has 0 spiro atoms. The summed E-state index contributed by atoms with van der Waals surface area (Å²) in [4.78, 5) is 25.6. The van der Waals surface area contributed by atoms with E-state index in [2.05, 4.69) is 25.0 Å². The summed E-state index contributed by atoms with van der Waals surface area (Å²) in [5, 5.41) is 3.76. The Morgan fingerprint density at radius 1 is 0.944 bits per heavy atom. The first-order valence-corrected chi connectivity index (χ1v) is 10.0. The summed E-state index contributed by atoms with van der Waals surface area (Å²) in [6, 6.07) is 7.02. The second kappa shape index (κ2) is 8.03. The fraction of sp³-hybridized carbons (Fsp3) is 0.136. The Hall–Kier alpha value is -4.49. The highest BCUT2D eigenvalue weighted by atomic mass is 19.4. The van der Waals surface area contributed by atoms with E-state index in [1.165, 1.54) is 31.5 Å². The summed E-state index contributed by atoms with van der Waals surface area (Å²) in [6.45, 7) is 0. The molecule has 0 atom stereocenters. The molecule has 14 heteroatoms. The summed E-state index contributed by atoms with van der Waals surface area (Å²) in [5.74, 6) is -0.422. The largest absolute Gasteiger partial charge is 0.481 e. The second-order valence-corrected chi connectivity index (χ2v) is 7.48. The highest BCUT2D eigenvalue weighted by molar-refractivity contribution is 5.93. The van der Waals surface area contributed by atoms with Gasteiger partial charge < -0.3 is 9.72 Å². The van der Waals surface area contributed by atoms with Crippen molar-refractivity contribution in [2.24, 2.45) is 0 Å². The maximum Gasteiger partial charge on any atom is 0.434 e. The van der Waals surface area contributed by atoms with Gasteiger partial charge in [-0.15, -0.1) is 0 Å². The van der Waals surface area contributed by atoms with Crippen LogP contribution in [0.2, 0.25) is 0 Å². The van der Waals surface area contributed by atoms with Crippen molar-refractivity contribution in [1.82, 2.24) is 29.7 Å². The molecule has 4 heterocycles. The van der Waals surface area contributed by atoms with Crippen LogP contribution in [-0.2, 0) is 12.4 Å². The highest BCUT2D eigenvalue weighted by Gasteiger charge is 2.41. The maximum atomic E-state index is 14.3. The van der Waals surface area contributed by atoms with Gasteiger partial charge in [-0.3, -0.25) is 9.78 Å². The van der Waals surface area contributed by atoms with Crippen molar-refractivity contribution >= 4 is 21.7 Å². The van der Waals surface area contributed by atoms with Gasteiger partial charge >= 0.3 is 12.4 Å². The van der Waals surface area contributed by atoms with E-state index in [1.54, 1.807) is 6.07 Å². The van der Waals surface area contributed by atoms with Crippen LogP contribution in [0.5, 0.6) is 5.88 Å². The molecule has 8 nitrogen and oxygen atoms in total. The predicted octanol–water partition coefficient (Wildman–Crippen LogP) is 4.77. The molecule has 0 aliphatic rings. The topological polar surface area (TPSA) is 98.6 Å². The number of aromatic amines is 1. The molecular formula is C22H12F6N6O2. The number of ether oxygens (including phenoxy) is 1. The summed E-state index contributed by atoms with van der Waals surface area (Å²) >= 11 is 0. The Morgan fingerprint density at radius 2 is 1.69 bits per heavy atom. The lowest BCUT2D eigenvalue weighted by molar-refractivity contribution is -0.142. The van der Waals surface area contributed by atoms with Crippen molar-refractivity contribution in [2.75, 3.05) is 7.11 Å². The number of pyridine rings is 2. The number of hydrogen-bond donors (Lipinski definition) is 1. The number of methoxy groups -OCH3 is 1. The van der Waals surface area contributed by atoms with Crippen molar-refractivity contribution < 1.29 is 31.1 Å². The van der Waals surface area contributed by atoms with Crippen LogP contribution < -0.4 is 10.3 Å². The normalized spacial score (nSPS) is 12.4. The Morgan fingerprint density at radius 3 is 2.39 bits per heavy atom. The van der Waals surface area contributed by atoms with Crippen LogP contribution in [0.15, 0.2) is 53.7 Å². The number of nitrogens with zero attached hydrogens (tertiary/aromatic N) is 5. The van der Waals surface area contributed by atoms with Gasteiger partial charge in [0.25, 0.3) is 5.56 Å². The number of fused-ring (bicyclic) bond motifs is 2. The SMILES string of the molecule is COc1nccc2c(-n3ncc(-c4nc(=O)c5c(C(F)(F)F)nccc5[nH]4)c3C(F)(F)F)cccc12. The summed E-state index contributed by atoms with van der Waals surface area (Å²) < 4.78 is 88.6. The third kappa shape index (κ3) is 3.70. The molecule has 0 saturated heterocycles. The summed E-state index contributed by atoms with van der Waals surface area (Å²) in [5.41, 5.74) is -5.16. The summed E-state index contributed by atoms with van der Waals surface area (Å²) in [6.07, 6.45) is -6.99. The minimum absolute atomic E-state index is 0.0264. The number of benzene rings is 1. The molecule has 5 aromatic rings. The van der Waals surface area contributed by atoms with Crippen LogP contribution in [0.3, 0.4) is 0 Å². The zero-order valence-electron chi connectivity index (χ0n) is 17.9. The van der Waals surface area contributed by atoms with E-state index in [0.717, 1.165) is 18.5 Å². The Kier molecular flexibility index (Phi) is 5.19. The van der Waals surface area contributed by atoms with Crippen LogP contribution in [-0.4, -0.2) is 36.8 Å². The number of rotatable bonds is 3. The van der Waals surface area contributed by atoms with Gasteiger partial charge in [-0.05, 0) is 24.3 Å². The van der Waals surface area contributed by atoms with Gasteiger partial charge in [-0.1, -0.05) is 6.07 Å². The van der Waals surface area contributed by atoms with Crippen LogP contribution in [0.1, 0.15) is 11.4 Å². The Bertz CT molecular complexity index is 1690. The molecular weight excluding hydrogens is 494 g/mol. The number of nitrogens with one attached hydrogen (secondary N) is 1. The van der Waals surface area contributed by atoms with Crippen molar-refractivity contribution in [3.8, 4) is 23.0 Å². The minimum atomic E-state index is -4.99. The smallest absolute Gasteiger partial charge is 0.434 e. The standard InChI is InChI=1S/C22H12F6N6O2/c1-36-20-11-3-2-4-14(10(11)5-7-30-20)34-17(22(26,27)28)12(9-31-34)18-32-13-6-8-29-16(21(23,24)25)15(13)19(35)33-18/h2-9H,1H3,(H,32,33,35). The zero-order chi connectivity index (χ0) is 25.8. The molecule has 0 aliphatic carbocycles. The number of hydrogen-bond acceptors (Lipinski definition) is 6. The van der Waals surface area contributed by atoms with Crippen molar-refractivity contribution in [3.63, 3.8) is 0 Å². The van der Waals surface area contributed by atoms with Gasteiger partial charge in [-0.25, -0.2) is 9.67 Å². The lowest BCUT2D eigenvalue weighted by Crippen LogP contribution is -2.19. The summed E-state index contributed by atoms with van der Waals surface area (Å²) in [7, 11) is 1.36. The third-order valence-corrected chi connectivity index (χ3v) is 5.36. The Labute approximate surface area is 196 Å². The molecule has 0 saturated carbocycles. The van der Waals surface area contributed by atoms with Crippen molar-refractivity contribution in [3.05, 3.63) is 70.7 Å². The van der Waals surface area contributed by atoms with Gasteiger partial charge in [0, 0.05) is 23.2 Å². The molecule has 0 radical (unpaired) electrons. The van der Waals surface area contributed by atoms with Gasteiger partial charge in [0.05, 0.1) is 35.5 Å². The number of H-pyrrole nitrogens is 1. The van der Waals surface area contributed by atoms with E-state index in [0.29, 0.717) is 15.5 Å². The fourth-order valence-corrected chi connectivity index (χ4v) is 3.93. The molecule has 1 aromatic carbocycles. The predicted molar refractivity (Wildman–Crippen MR) is 115 cm³/mol. The van der Waals surface area contributed by atoms with Crippen LogP contribution >= 0.6 is 0 Å². The average molecular weight is 506 g/mol. The number of halogens is 6. The molecule has 0 fully saturated rings. The molecule has 0 bridgehead atoms. The maximum absolute atomic E-state index is 14.3. The average Bonchev–Trinajstić information content (AvgIpc) is 3.28. The fourth-order valence-electron chi connectivity index (χ4n) is 3.93. The van der Waals surface area contributed by atoms with E-state index in [1.807, 2.05) is 0 Å². The zero-order valence-corrected chi connectivity index (χ0v) is 17.9. The third-order valence-electron chi connectivity index (χ3n) is 5.36. The van der Waals surface area contributed by atoms with E-state index in [4.69, 9.17) is 4.74 Å². The highest BCUT2D eigenvalue weighted by Crippen LogP contribution is 2.39. The molecule has 4 aromatic heterocycles. The number of alkyl halides is 6. The van der Waals surface area contributed by atoms with Gasteiger partial charge in [0.1, 0.15) is 5.82 Å². The van der Waals surface area contributed by atoms with E-state index >= 15 is 0 Å². The van der Waals surface area contributed by atoms with Crippen molar-refractivity contribution in [2.45, 2.75) is 12.4 Å². The first-order chi connectivity index (χ1) is 17.0. The van der Waals surface area contributed by atoms with Crippen molar-refractivity contribution in [1.29, 1.82) is 0 Å². The van der Waals surface area contributed by atoms with Gasteiger partial charge in [0.15, 0.2) is 11.4 Å². The molecule has 0 amide bonds. The molecule has 0 aliphatic heterocycles. The lowest BCUT2D eigenvalue weighted by atomic mass is 10.1. The quantitative estimate of drug-likeness (QED) is 0.354. The molecule has 184 valence electrons. The monoisotopic (exact) mass is 506 g/mol. The first kappa shape index (κ1) is 23.3. The lowest BCUT2D eigenvalue weighted by Gasteiger charge is -2.15.